The highest BCUT2D eigenvalue weighted by Gasteiger charge is 2.10. The largest absolute Gasteiger partial charge is 0.450 e. The number of nitrogens with two attached hydrogens (primary N) is 1. The number of hydrogen-bond acceptors (Lipinski definition) is 6. The summed E-state index contributed by atoms with van der Waals surface area (Å²) in [5.41, 5.74) is 9.32. The van der Waals surface area contributed by atoms with E-state index in [1.54, 1.807) is 6.33 Å². The number of carbonyl (C=O) groups is 1. The van der Waals surface area contributed by atoms with Crippen LogP contribution in [0.2, 0.25) is 5.28 Å². The van der Waals surface area contributed by atoms with Gasteiger partial charge in [0.25, 0.3) is 0 Å². The van der Waals surface area contributed by atoms with E-state index in [1.807, 2.05) is 16.7 Å². The van der Waals surface area contributed by atoms with Gasteiger partial charge in [-0.05, 0) is 54.3 Å². The second kappa shape index (κ2) is 10.9. The van der Waals surface area contributed by atoms with Crippen molar-refractivity contribution in [2.75, 3.05) is 12.3 Å². The summed E-state index contributed by atoms with van der Waals surface area (Å²) in [4.78, 5) is 24.3. The molecule has 3 N–H and O–H groups in total. The van der Waals surface area contributed by atoms with Crippen molar-refractivity contribution in [3.8, 4) is 0 Å². The minimum absolute atomic E-state index is 0.0946. The highest BCUT2D eigenvalue weighted by atomic mass is 35.5. The first kappa shape index (κ1) is 22.8. The molecular formula is C22H29ClN6O2. The van der Waals surface area contributed by atoms with Crippen LogP contribution >= 0.6 is 11.6 Å². The monoisotopic (exact) mass is 444 g/mol. The number of rotatable bonds is 10. The highest BCUT2D eigenvalue weighted by molar-refractivity contribution is 6.28. The molecule has 0 aliphatic rings. The summed E-state index contributed by atoms with van der Waals surface area (Å²) in [7, 11) is 0. The van der Waals surface area contributed by atoms with Gasteiger partial charge in [-0.1, -0.05) is 38.1 Å². The van der Waals surface area contributed by atoms with Crippen molar-refractivity contribution < 1.29 is 9.53 Å². The van der Waals surface area contributed by atoms with E-state index in [4.69, 9.17) is 22.1 Å². The zero-order chi connectivity index (χ0) is 22.2. The minimum Gasteiger partial charge on any atom is -0.450 e. The van der Waals surface area contributed by atoms with Gasteiger partial charge in [-0.15, -0.1) is 0 Å². The van der Waals surface area contributed by atoms with Crippen LogP contribution in [0.3, 0.4) is 0 Å². The fourth-order valence-electron chi connectivity index (χ4n) is 3.23. The van der Waals surface area contributed by atoms with Gasteiger partial charge in [0.1, 0.15) is 5.52 Å². The van der Waals surface area contributed by atoms with Gasteiger partial charge in [-0.25, -0.2) is 9.78 Å². The average Bonchev–Trinajstić information content (AvgIpc) is 3.14. The Hall–Kier alpha value is -2.87. The van der Waals surface area contributed by atoms with Crippen LogP contribution in [0.5, 0.6) is 0 Å². The molecular weight excluding hydrogens is 416 g/mol. The minimum atomic E-state index is -0.409. The summed E-state index contributed by atoms with van der Waals surface area (Å²) in [6.07, 6.45) is 4.96. The van der Waals surface area contributed by atoms with Gasteiger partial charge in [0.15, 0.2) is 11.5 Å². The van der Waals surface area contributed by atoms with Gasteiger partial charge in [-0.2, -0.15) is 9.97 Å². The van der Waals surface area contributed by atoms with Crippen LogP contribution in [0.1, 0.15) is 44.2 Å². The number of benzene rings is 1. The number of halogens is 1. The lowest BCUT2D eigenvalue weighted by Gasteiger charge is -2.09. The number of nitrogens with zero attached hydrogens (tertiary/aromatic N) is 4. The quantitative estimate of drug-likeness (QED) is 0.355. The lowest BCUT2D eigenvalue weighted by atomic mass is 10.0. The van der Waals surface area contributed by atoms with Crippen molar-refractivity contribution in [2.24, 2.45) is 5.92 Å². The van der Waals surface area contributed by atoms with E-state index in [2.05, 4.69) is 46.2 Å². The SMILES string of the molecule is CC(C)CCc1cccc(CNC(=O)OCCCCn2cnc3c(N)nc(Cl)nc32)c1. The Morgan fingerprint density at radius 1 is 1.26 bits per heavy atom. The zero-order valence-corrected chi connectivity index (χ0v) is 18.7. The Kier molecular flexibility index (Phi) is 8.06. The number of nitrogens with one attached hydrogen (secondary N) is 1. The predicted molar refractivity (Wildman–Crippen MR) is 122 cm³/mol. The zero-order valence-electron chi connectivity index (χ0n) is 18.0. The Balaban J connectivity index is 1.36. The maximum Gasteiger partial charge on any atom is 0.407 e. The van der Waals surface area contributed by atoms with Gasteiger partial charge >= 0.3 is 6.09 Å². The Morgan fingerprint density at radius 2 is 2.06 bits per heavy atom. The maximum absolute atomic E-state index is 12.0. The van der Waals surface area contributed by atoms with Gasteiger partial charge < -0.3 is 20.4 Å². The molecule has 2 aromatic heterocycles. The van der Waals surface area contributed by atoms with Crippen LogP contribution in [0.15, 0.2) is 30.6 Å². The third-order valence-electron chi connectivity index (χ3n) is 4.93. The van der Waals surface area contributed by atoms with E-state index in [-0.39, 0.29) is 11.1 Å². The number of carbonyl (C=O) groups excluding carboxylic acids is 1. The van der Waals surface area contributed by atoms with Crippen molar-refractivity contribution in [2.45, 2.75) is 52.6 Å². The van der Waals surface area contributed by atoms with Gasteiger partial charge in [-0.3, -0.25) is 0 Å². The summed E-state index contributed by atoms with van der Waals surface area (Å²) in [5.74, 6) is 0.938. The summed E-state index contributed by atoms with van der Waals surface area (Å²) in [6.45, 7) is 5.90. The molecule has 0 fully saturated rings. The number of ether oxygens (including phenoxy) is 1. The topological polar surface area (TPSA) is 108 Å². The first-order chi connectivity index (χ1) is 14.9. The normalized spacial score (nSPS) is 11.2. The second-order valence-corrected chi connectivity index (χ2v) is 8.28. The molecule has 0 radical (unpaired) electrons. The van der Waals surface area contributed by atoms with Crippen LogP contribution in [-0.4, -0.2) is 32.2 Å². The van der Waals surface area contributed by atoms with E-state index in [1.165, 1.54) is 5.56 Å². The second-order valence-electron chi connectivity index (χ2n) is 7.94. The molecule has 0 saturated carbocycles. The first-order valence-electron chi connectivity index (χ1n) is 10.5. The number of aryl methyl sites for hydroxylation is 2. The lowest BCUT2D eigenvalue weighted by Crippen LogP contribution is -2.24. The van der Waals surface area contributed by atoms with Crippen LogP contribution < -0.4 is 11.1 Å². The molecule has 0 aliphatic carbocycles. The molecule has 3 rings (SSSR count). The average molecular weight is 445 g/mol. The Bertz CT molecular complexity index is 1020. The molecule has 0 saturated heterocycles. The molecule has 1 aromatic carbocycles. The molecule has 9 heteroatoms. The number of fused-ring (bicyclic) bond motifs is 1. The molecule has 8 nitrogen and oxygen atoms in total. The Labute approximate surface area is 187 Å². The van der Waals surface area contributed by atoms with Crippen molar-refractivity contribution in [1.29, 1.82) is 0 Å². The molecule has 2 heterocycles. The Morgan fingerprint density at radius 3 is 2.87 bits per heavy atom. The van der Waals surface area contributed by atoms with Crippen LogP contribution in [0.25, 0.3) is 11.2 Å². The lowest BCUT2D eigenvalue weighted by molar-refractivity contribution is 0.143. The summed E-state index contributed by atoms with van der Waals surface area (Å²) in [5, 5.41) is 2.90. The summed E-state index contributed by atoms with van der Waals surface area (Å²) < 4.78 is 7.14. The molecule has 0 bridgehead atoms. The number of amides is 1. The number of alkyl carbamates (subject to hydrolysis) is 1. The molecule has 0 unspecified atom stereocenters. The number of nitrogen functional groups attached to an aromatic ring is 1. The first-order valence-corrected chi connectivity index (χ1v) is 10.9. The number of unbranched alkanes of at least 4 members (excludes halogenated alkanes) is 1. The van der Waals surface area contributed by atoms with Crippen molar-refractivity contribution in [3.05, 3.63) is 47.0 Å². The van der Waals surface area contributed by atoms with E-state index in [0.717, 1.165) is 24.8 Å². The number of anilines is 1. The molecule has 0 aliphatic heterocycles. The van der Waals surface area contributed by atoms with Crippen LogP contribution in [0.4, 0.5) is 10.6 Å². The fourth-order valence-corrected chi connectivity index (χ4v) is 3.40. The standard InChI is InChI=1S/C22H29ClN6O2/c1-15(2)8-9-16-6-5-7-17(12-16)13-25-22(30)31-11-4-3-10-29-14-26-18-19(24)27-21(23)28-20(18)29/h5-7,12,14-15H,3-4,8-11,13H2,1-2H3,(H,25,30)(H2,24,27,28). The highest BCUT2D eigenvalue weighted by Crippen LogP contribution is 2.18. The van der Waals surface area contributed by atoms with Crippen molar-refractivity contribution in [3.63, 3.8) is 0 Å². The van der Waals surface area contributed by atoms with E-state index in [0.29, 0.717) is 43.2 Å². The number of hydrogen-bond donors (Lipinski definition) is 2. The molecule has 166 valence electrons. The molecule has 1 amide bonds. The predicted octanol–water partition coefficient (Wildman–Crippen LogP) is 4.36. The van der Waals surface area contributed by atoms with Crippen LogP contribution in [0, 0.1) is 5.92 Å². The number of aromatic nitrogens is 4. The van der Waals surface area contributed by atoms with E-state index < -0.39 is 6.09 Å². The maximum atomic E-state index is 12.0. The smallest absolute Gasteiger partial charge is 0.407 e. The summed E-state index contributed by atoms with van der Waals surface area (Å²) >= 11 is 5.87. The third-order valence-corrected chi connectivity index (χ3v) is 5.10. The molecule has 0 atom stereocenters. The van der Waals surface area contributed by atoms with Gasteiger partial charge in [0.2, 0.25) is 5.28 Å². The molecule has 0 spiro atoms. The van der Waals surface area contributed by atoms with E-state index in [9.17, 15) is 4.79 Å². The third kappa shape index (κ3) is 6.82. The van der Waals surface area contributed by atoms with Gasteiger partial charge in [0.05, 0.1) is 12.9 Å². The van der Waals surface area contributed by atoms with Crippen LogP contribution in [-0.2, 0) is 24.2 Å². The van der Waals surface area contributed by atoms with Crippen molar-refractivity contribution in [1.82, 2.24) is 24.8 Å². The molecule has 31 heavy (non-hydrogen) atoms. The van der Waals surface area contributed by atoms with E-state index >= 15 is 0 Å². The van der Waals surface area contributed by atoms with Gasteiger partial charge in [0, 0.05) is 13.1 Å². The molecule has 3 aromatic rings. The van der Waals surface area contributed by atoms with Crippen molar-refractivity contribution >= 4 is 34.7 Å². The summed E-state index contributed by atoms with van der Waals surface area (Å²) in [6, 6.07) is 8.31. The number of imidazole rings is 1. The fraction of sp³-hybridized carbons (Fsp3) is 0.455.